The number of pyridine rings is 1. The predicted octanol–water partition coefficient (Wildman–Crippen LogP) is 4.08. The van der Waals surface area contributed by atoms with Gasteiger partial charge in [0.05, 0.1) is 5.02 Å². The highest BCUT2D eigenvalue weighted by atomic mass is 35.5. The number of likely N-dealkylation sites (N-methyl/N-ethyl adjacent to an activating group) is 1. The molecule has 1 N–H and O–H groups in total. The molecule has 4 heteroatoms. The van der Waals surface area contributed by atoms with Gasteiger partial charge in [0.25, 0.3) is 0 Å². The van der Waals surface area contributed by atoms with Crippen LogP contribution in [-0.2, 0) is 6.42 Å². The van der Waals surface area contributed by atoms with Crippen LogP contribution >= 0.6 is 11.6 Å². The largest absolute Gasteiger partial charge is 0.310 e. The predicted molar refractivity (Wildman–Crippen MR) is 80.5 cm³/mol. The number of aryl methyl sites for hydroxylation is 1. The normalized spacial score (nSPS) is 12.4. The van der Waals surface area contributed by atoms with Crippen LogP contribution in [-0.4, -0.2) is 11.5 Å². The number of rotatable bonds is 5. The van der Waals surface area contributed by atoms with E-state index in [0.717, 1.165) is 23.2 Å². The second-order valence-electron chi connectivity index (χ2n) is 4.82. The average Bonchev–Trinajstić information content (AvgIpc) is 2.43. The molecule has 0 amide bonds. The average molecular weight is 293 g/mol. The van der Waals surface area contributed by atoms with Crippen molar-refractivity contribution in [3.63, 3.8) is 0 Å². The van der Waals surface area contributed by atoms with Crippen molar-refractivity contribution in [2.45, 2.75) is 26.3 Å². The molecule has 20 heavy (non-hydrogen) atoms. The second kappa shape index (κ2) is 6.82. The van der Waals surface area contributed by atoms with Crippen molar-refractivity contribution in [1.82, 2.24) is 10.3 Å². The van der Waals surface area contributed by atoms with Gasteiger partial charge in [0.15, 0.2) is 0 Å². The van der Waals surface area contributed by atoms with Gasteiger partial charge in [-0.15, -0.1) is 0 Å². The van der Waals surface area contributed by atoms with Gasteiger partial charge in [-0.2, -0.15) is 0 Å². The Balaban J connectivity index is 2.28. The molecular formula is C16H18ClFN2. The highest BCUT2D eigenvalue weighted by Gasteiger charge is 2.15. The third kappa shape index (κ3) is 3.56. The first-order chi connectivity index (χ1) is 9.61. The lowest BCUT2D eigenvalue weighted by Crippen LogP contribution is -2.23. The zero-order chi connectivity index (χ0) is 14.5. The Kier molecular flexibility index (Phi) is 5.10. The quantitative estimate of drug-likeness (QED) is 0.898. The van der Waals surface area contributed by atoms with Crippen LogP contribution in [0.5, 0.6) is 0 Å². The second-order valence-corrected chi connectivity index (χ2v) is 5.20. The van der Waals surface area contributed by atoms with E-state index in [-0.39, 0.29) is 16.9 Å². The van der Waals surface area contributed by atoms with Gasteiger partial charge in [-0.25, -0.2) is 4.39 Å². The summed E-state index contributed by atoms with van der Waals surface area (Å²) < 4.78 is 13.5. The highest BCUT2D eigenvalue weighted by Crippen LogP contribution is 2.25. The lowest BCUT2D eigenvalue weighted by atomic mass is 9.99. The number of benzene rings is 1. The van der Waals surface area contributed by atoms with E-state index in [0.29, 0.717) is 6.42 Å². The van der Waals surface area contributed by atoms with Crippen LogP contribution in [0.1, 0.15) is 29.7 Å². The summed E-state index contributed by atoms with van der Waals surface area (Å²) in [6.07, 6.45) is 4.30. The van der Waals surface area contributed by atoms with Crippen LogP contribution in [0, 0.1) is 12.7 Å². The summed E-state index contributed by atoms with van der Waals surface area (Å²) in [5.41, 5.74) is 3.00. The maximum absolute atomic E-state index is 13.5. The first kappa shape index (κ1) is 14.9. The lowest BCUT2D eigenvalue weighted by molar-refractivity contribution is 0.545. The van der Waals surface area contributed by atoms with Crippen molar-refractivity contribution >= 4 is 11.6 Å². The van der Waals surface area contributed by atoms with E-state index in [1.807, 2.05) is 32.3 Å². The van der Waals surface area contributed by atoms with E-state index < -0.39 is 0 Å². The van der Waals surface area contributed by atoms with Crippen LogP contribution in [0.15, 0.2) is 36.7 Å². The van der Waals surface area contributed by atoms with Gasteiger partial charge in [0.2, 0.25) is 0 Å². The Bertz CT molecular complexity index is 586. The zero-order valence-corrected chi connectivity index (χ0v) is 12.4. The summed E-state index contributed by atoms with van der Waals surface area (Å²) in [6, 6.07) is 7.09. The van der Waals surface area contributed by atoms with Crippen LogP contribution in [0.2, 0.25) is 5.02 Å². The van der Waals surface area contributed by atoms with Gasteiger partial charge >= 0.3 is 0 Å². The van der Waals surface area contributed by atoms with E-state index in [2.05, 4.69) is 16.4 Å². The molecule has 1 aromatic heterocycles. The van der Waals surface area contributed by atoms with Crippen molar-refractivity contribution in [3.8, 4) is 0 Å². The smallest absolute Gasteiger partial charge is 0.142 e. The zero-order valence-electron chi connectivity index (χ0n) is 11.7. The Labute approximate surface area is 124 Å². The summed E-state index contributed by atoms with van der Waals surface area (Å²) >= 11 is 6.04. The number of nitrogens with zero attached hydrogens (tertiary/aromatic N) is 1. The number of halogens is 2. The van der Waals surface area contributed by atoms with Gasteiger partial charge in [0, 0.05) is 18.4 Å². The molecule has 0 aliphatic rings. The molecule has 0 aliphatic heterocycles. The number of aromatic nitrogens is 1. The Morgan fingerprint density at radius 1 is 1.35 bits per heavy atom. The summed E-state index contributed by atoms with van der Waals surface area (Å²) in [5, 5.41) is 3.60. The fourth-order valence-corrected chi connectivity index (χ4v) is 2.45. The van der Waals surface area contributed by atoms with Crippen LogP contribution in [0.25, 0.3) is 0 Å². The Morgan fingerprint density at radius 2 is 2.15 bits per heavy atom. The SMILES string of the molecule is CCNC(Cc1cccc(F)c1Cl)c1cncc(C)c1. The topological polar surface area (TPSA) is 24.9 Å². The minimum Gasteiger partial charge on any atom is -0.310 e. The minimum absolute atomic E-state index is 0.0756. The van der Waals surface area contributed by atoms with Crippen molar-refractivity contribution in [1.29, 1.82) is 0 Å². The first-order valence-corrected chi connectivity index (χ1v) is 7.07. The van der Waals surface area contributed by atoms with Gasteiger partial charge < -0.3 is 5.32 Å². The first-order valence-electron chi connectivity index (χ1n) is 6.69. The molecule has 1 aromatic carbocycles. The van der Waals surface area contributed by atoms with Gasteiger partial charge in [-0.1, -0.05) is 36.7 Å². The standard InChI is InChI=1S/C16H18ClFN2/c1-3-20-15(13-7-11(2)9-19-10-13)8-12-5-4-6-14(18)16(12)17/h4-7,9-10,15,20H,3,8H2,1-2H3. The Morgan fingerprint density at radius 3 is 2.85 bits per heavy atom. The van der Waals surface area contributed by atoms with Gasteiger partial charge in [-0.05, 0) is 42.6 Å². The minimum atomic E-state index is -0.373. The lowest BCUT2D eigenvalue weighted by Gasteiger charge is -2.19. The summed E-state index contributed by atoms with van der Waals surface area (Å²) in [5.74, 6) is -0.373. The van der Waals surface area contributed by atoms with Crippen molar-refractivity contribution in [2.75, 3.05) is 6.54 Å². The maximum Gasteiger partial charge on any atom is 0.142 e. The number of nitrogens with one attached hydrogen (secondary N) is 1. The summed E-state index contributed by atoms with van der Waals surface area (Å²) in [4.78, 5) is 4.22. The molecule has 0 saturated carbocycles. The molecule has 0 bridgehead atoms. The van der Waals surface area contributed by atoms with Gasteiger partial charge in [0.1, 0.15) is 5.82 Å². The summed E-state index contributed by atoms with van der Waals surface area (Å²) in [7, 11) is 0. The van der Waals surface area contributed by atoms with Crippen LogP contribution in [0.3, 0.4) is 0 Å². The van der Waals surface area contributed by atoms with Gasteiger partial charge in [-0.3, -0.25) is 4.98 Å². The molecule has 2 aromatic rings. The molecule has 0 fully saturated rings. The maximum atomic E-state index is 13.5. The van der Waals surface area contributed by atoms with Crippen LogP contribution < -0.4 is 5.32 Å². The molecule has 0 aliphatic carbocycles. The van der Waals surface area contributed by atoms with Crippen molar-refractivity contribution in [2.24, 2.45) is 0 Å². The fourth-order valence-electron chi connectivity index (χ4n) is 2.25. The van der Waals surface area contributed by atoms with Crippen LogP contribution in [0.4, 0.5) is 4.39 Å². The van der Waals surface area contributed by atoms with Crippen molar-refractivity contribution in [3.05, 3.63) is 64.2 Å². The molecule has 0 spiro atoms. The van der Waals surface area contributed by atoms with E-state index in [4.69, 9.17) is 11.6 Å². The molecule has 2 rings (SSSR count). The third-order valence-corrected chi connectivity index (χ3v) is 3.63. The number of hydrogen-bond acceptors (Lipinski definition) is 2. The monoisotopic (exact) mass is 292 g/mol. The molecule has 2 nitrogen and oxygen atoms in total. The Hall–Kier alpha value is -1.45. The van der Waals surface area contributed by atoms with Crippen molar-refractivity contribution < 1.29 is 4.39 Å². The van der Waals surface area contributed by atoms with E-state index >= 15 is 0 Å². The number of hydrogen-bond donors (Lipinski definition) is 1. The van der Waals surface area contributed by atoms with E-state index in [1.165, 1.54) is 6.07 Å². The highest BCUT2D eigenvalue weighted by molar-refractivity contribution is 6.31. The van der Waals surface area contributed by atoms with E-state index in [9.17, 15) is 4.39 Å². The third-order valence-electron chi connectivity index (χ3n) is 3.20. The fraction of sp³-hybridized carbons (Fsp3) is 0.312. The molecule has 106 valence electrons. The molecule has 1 heterocycles. The molecule has 0 radical (unpaired) electrons. The summed E-state index contributed by atoms with van der Waals surface area (Å²) in [6.45, 7) is 4.88. The molecule has 0 saturated heterocycles. The van der Waals surface area contributed by atoms with E-state index in [1.54, 1.807) is 6.07 Å². The molecular weight excluding hydrogens is 275 g/mol. The molecule has 1 atom stereocenters. The molecule has 1 unspecified atom stereocenters.